The first-order valence-electron chi connectivity index (χ1n) is 13.4. The molecule has 2 aliphatic rings. The number of benzene rings is 1. The quantitative estimate of drug-likeness (QED) is 0.280. The fourth-order valence-electron chi connectivity index (χ4n) is 4.91. The van der Waals surface area contributed by atoms with Crippen molar-refractivity contribution in [3.8, 4) is 23.0 Å². The molecule has 1 aromatic carbocycles. The molecule has 1 atom stereocenters. The highest BCUT2D eigenvalue weighted by molar-refractivity contribution is 7.21. The van der Waals surface area contributed by atoms with Crippen molar-refractivity contribution in [3.63, 3.8) is 0 Å². The van der Waals surface area contributed by atoms with Crippen LogP contribution in [0, 0.1) is 11.5 Å². The highest BCUT2D eigenvalue weighted by atomic mass is 32.1. The summed E-state index contributed by atoms with van der Waals surface area (Å²) in [4.78, 5) is 33.0. The monoisotopic (exact) mass is 555 g/mol. The van der Waals surface area contributed by atoms with Gasteiger partial charge in [0, 0.05) is 60.3 Å². The number of rotatable bonds is 2. The Morgan fingerprint density at radius 3 is 2.62 bits per heavy atom. The molecule has 0 bridgehead atoms. The maximum Gasteiger partial charge on any atom is 0.263 e. The van der Waals surface area contributed by atoms with Gasteiger partial charge in [0.05, 0.1) is 11.2 Å². The second-order valence-corrected chi connectivity index (χ2v) is 17.3. The lowest BCUT2D eigenvalue weighted by molar-refractivity contribution is 0.0949. The van der Waals surface area contributed by atoms with E-state index in [-0.39, 0.29) is 11.9 Å². The number of piperazine rings is 1. The molecule has 0 saturated carbocycles. The second kappa shape index (κ2) is 9.90. The third-order valence-electron chi connectivity index (χ3n) is 7.03. The number of anilines is 2. The summed E-state index contributed by atoms with van der Waals surface area (Å²) in [5.41, 5.74) is 6.66. The lowest BCUT2D eigenvalue weighted by atomic mass is 10.1. The maximum atomic E-state index is 12.8. The highest BCUT2D eigenvalue weighted by Gasteiger charge is 2.25. The van der Waals surface area contributed by atoms with Crippen molar-refractivity contribution in [2.75, 3.05) is 50.0 Å². The normalized spacial score (nSPS) is 18.2. The Morgan fingerprint density at radius 2 is 1.85 bits per heavy atom. The molecule has 1 amide bonds. The van der Waals surface area contributed by atoms with E-state index in [1.807, 2.05) is 25.1 Å². The molecule has 4 aromatic rings. The van der Waals surface area contributed by atoms with Gasteiger partial charge < -0.3 is 20.4 Å². The Kier molecular flexibility index (Phi) is 6.53. The van der Waals surface area contributed by atoms with E-state index in [0.717, 1.165) is 74.9 Å². The molecule has 8 nitrogen and oxygen atoms in total. The number of nitrogens with zero attached hydrogens (tertiary/aromatic N) is 5. The first kappa shape index (κ1) is 25.7. The van der Waals surface area contributed by atoms with Gasteiger partial charge in [0.25, 0.3) is 5.91 Å². The van der Waals surface area contributed by atoms with Crippen LogP contribution in [0.2, 0.25) is 19.6 Å². The van der Waals surface area contributed by atoms with Gasteiger partial charge in [0.2, 0.25) is 0 Å². The number of fused-ring (bicyclic) bond motifs is 5. The van der Waals surface area contributed by atoms with E-state index < -0.39 is 8.07 Å². The minimum Gasteiger partial charge on any atom is -0.381 e. The minimum atomic E-state index is -1.57. The summed E-state index contributed by atoms with van der Waals surface area (Å²) in [7, 11) is 0.577. The zero-order chi connectivity index (χ0) is 27.3. The topological polar surface area (TPSA) is 86.3 Å². The maximum absolute atomic E-state index is 12.8. The van der Waals surface area contributed by atoms with Crippen LogP contribution in [0.25, 0.3) is 32.5 Å². The lowest BCUT2D eigenvalue weighted by Gasteiger charge is -2.33. The van der Waals surface area contributed by atoms with E-state index in [9.17, 15) is 4.79 Å². The van der Waals surface area contributed by atoms with Crippen molar-refractivity contribution in [1.82, 2.24) is 25.2 Å². The number of nitrogens with one attached hydrogen (secondary N) is 2. The van der Waals surface area contributed by atoms with Gasteiger partial charge in [-0.25, -0.2) is 15.0 Å². The molecule has 6 rings (SSSR count). The number of aromatic nitrogens is 3. The fraction of sp³-hybridized carbons (Fsp3) is 0.379. The van der Waals surface area contributed by atoms with Crippen molar-refractivity contribution < 1.29 is 4.79 Å². The van der Waals surface area contributed by atoms with Gasteiger partial charge in [-0.3, -0.25) is 4.79 Å². The summed E-state index contributed by atoms with van der Waals surface area (Å²) in [6.07, 6.45) is 0. The Balaban J connectivity index is 1.45. The van der Waals surface area contributed by atoms with E-state index in [1.165, 1.54) is 11.3 Å². The predicted octanol–water partition coefficient (Wildman–Crippen LogP) is 4.43. The third-order valence-corrected chi connectivity index (χ3v) is 9.05. The van der Waals surface area contributed by atoms with Crippen molar-refractivity contribution in [1.29, 1.82) is 0 Å². The van der Waals surface area contributed by atoms with Gasteiger partial charge in [0.15, 0.2) is 5.82 Å². The summed E-state index contributed by atoms with van der Waals surface area (Å²) < 4.78 is 1.07. The Hall–Kier alpha value is -3.52. The van der Waals surface area contributed by atoms with Gasteiger partial charge >= 0.3 is 0 Å². The van der Waals surface area contributed by atoms with E-state index in [0.29, 0.717) is 12.4 Å². The third kappa shape index (κ3) is 5.22. The summed E-state index contributed by atoms with van der Waals surface area (Å²) in [5, 5.41) is 8.62. The number of hydrogen-bond acceptors (Lipinski definition) is 8. The molecule has 3 aromatic heterocycles. The second-order valence-electron chi connectivity index (χ2n) is 11.5. The van der Waals surface area contributed by atoms with Crippen molar-refractivity contribution in [2.45, 2.75) is 32.6 Å². The van der Waals surface area contributed by atoms with E-state index in [4.69, 9.17) is 15.0 Å². The molecule has 5 heterocycles. The number of carbonyl (C=O) groups is 1. The number of carbonyl (C=O) groups excluding carboxylic acids is 1. The van der Waals surface area contributed by atoms with E-state index >= 15 is 0 Å². The van der Waals surface area contributed by atoms with Crippen molar-refractivity contribution >= 4 is 57.8 Å². The van der Waals surface area contributed by atoms with Crippen LogP contribution >= 0.6 is 11.3 Å². The lowest BCUT2D eigenvalue weighted by Crippen LogP contribution is -2.44. The largest absolute Gasteiger partial charge is 0.381 e. The van der Waals surface area contributed by atoms with Crippen LogP contribution in [-0.4, -0.2) is 79.6 Å². The van der Waals surface area contributed by atoms with Crippen LogP contribution in [0.3, 0.4) is 0 Å². The number of amides is 1. The number of hydrogen-bond donors (Lipinski definition) is 2. The molecular formula is C29H33N7OSSi. The number of thiophene rings is 1. The minimum absolute atomic E-state index is 0.0255. The zero-order valence-electron chi connectivity index (χ0n) is 23.1. The van der Waals surface area contributed by atoms with E-state index in [2.05, 4.69) is 70.7 Å². The molecule has 0 unspecified atom stereocenters. The zero-order valence-corrected chi connectivity index (χ0v) is 24.9. The molecule has 1 saturated heterocycles. The number of pyridine rings is 1. The van der Waals surface area contributed by atoms with Gasteiger partial charge in [0.1, 0.15) is 30.2 Å². The van der Waals surface area contributed by atoms with Gasteiger partial charge in [-0.15, -0.1) is 16.9 Å². The fourth-order valence-corrected chi connectivity index (χ4v) is 6.51. The van der Waals surface area contributed by atoms with Crippen LogP contribution in [0.1, 0.15) is 22.3 Å². The van der Waals surface area contributed by atoms with Crippen LogP contribution in [0.15, 0.2) is 30.3 Å². The van der Waals surface area contributed by atoms with Crippen LogP contribution < -0.4 is 15.5 Å². The van der Waals surface area contributed by atoms with Gasteiger partial charge in [-0.2, -0.15) is 0 Å². The molecule has 200 valence electrons. The first-order chi connectivity index (χ1) is 18.6. The standard InChI is InChI=1S/C29H33N7OSSi/c1-18-17-30-26-25-20-6-7-22(33-21(20)8-9-23(25)38-27(26)29(37)31-18)28-32-19(10-15-39(3,4)5)16-24(34-28)36-13-11-35(2)12-14-36/h6-9,16,18,30H,11-14,17H2,1-5H3,(H,31,37)/t18-/m1/s1. The molecule has 0 radical (unpaired) electrons. The Bertz CT molecular complexity index is 1660. The highest BCUT2D eigenvalue weighted by Crippen LogP contribution is 2.41. The number of likely N-dealkylation sites (N-methyl/N-ethyl adjacent to an activating group) is 1. The summed E-state index contributed by atoms with van der Waals surface area (Å²) in [6.45, 7) is 13.2. The molecule has 0 spiro atoms. The smallest absolute Gasteiger partial charge is 0.263 e. The predicted molar refractivity (Wildman–Crippen MR) is 164 cm³/mol. The molecule has 1 fully saturated rings. The van der Waals surface area contributed by atoms with Gasteiger partial charge in [-0.1, -0.05) is 25.6 Å². The average Bonchev–Trinajstić information content (AvgIpc) is 3.23. The molecule has 0 aliphatic carbocycles. The summed E-state index contributed by atoms with van der Waals surface area (Å²) >= 11 is 1.52. The van der Waals surface area contributed by atoms with Crippen LogP contribution in [0.5, 0.6) is 0 Å². The van der Waals surface area contributed by atoms with Crippen molar-refractivity contribution in [2.24, 2.45) is 0 Å². The molecule has 10 heteroatoms. The van der Waals surface area contributed by atoms with Crippen LogP contribution in [-0.2, 0) is 0 Å². The van der Waals surface area contributed by atoms with E-state index in [1.54, 1.807) is 0 Å². The summed E-state index contributed by atoms with van der Waals surface area (Å²) in [5.74, 6) is 4.80. The molecular weight excluding hydrogens is 523 g/mol. The van der Waals surface area contributed by atoms with Crippen LogP contribution in [0.4, 0.5) is 11.5 Å². The SMILES string of the molecule is C[C@@H]1CNc2c(sc3ccc4nc(-c5nc(C#C[Si](C)(C)C)cc(N6CCN(C)CC6)n5)ccc4c23)C(=O)N1. The molecule has 2 aliphatic heterocycles. The molecule has 2 N–H and O–H groups in total. The van der Waals surface area contributed by atoms with Crippen molar-refractivity contribution in [3.05, 3.63) is 40.9 Å². The Labute approximate surface area is 233 Å². The Morgan fingerprint density at radius 1 is 1.05 bits per heavy atom. The molecule has 39 heavy (non-hydrogen) atoms. The summed E-state index contributed by atoms with van der Waals surface area (Å²) in [6, 6.07) is 10.2. The first-order valence-corrected chi connectivity index (χ1v) is 17.7. The average molecular weight is 556 g/mol. The van der Waals surface area contributed by atoms with Gasteiger partial charge in [-0.05, 0) is 38.2 Å².